The minimum atomic E-state index is -0.0892. The summed E-state index contributed by atoms with van der Waals surface area (Å²) in [5.41, 5.74) is 0.803. The first-order chi connectivity index (χ1) is 15.0. The highest BCUT2D eigenvalue weighted by Gasteiger charge is 2.35. The molecule has 1 fully saturated rings. The maximum atomic E-state index is 13.2. The molecule has 2 aliphatic heterocycles. The van der Waals surface area contributed by atoms with Crippen LogP contribution in [0.3, 0.4) is 0 Å². The second-order valence-corrected chi connectivity index (χ2v) is 9.25. The molecule has 0 bridgehead atoms. The maximum absolute atomic E-state index is 13.2. The van der Waals surface area contributed by atoms with Crippen molar-refractivity contribution < 1.29 is 14.0 Å². The van der Waals surface area contributed by atoms with Gasteiger partial charge in [0, 0.05) is 43.5 Å². The Labute approximate surface area is 186 Å². The van der Waals surface area contributed by atoms with Crippen molar-refractivity contribution in [1.29, 1.82) is 0 Å². The van der Waals surface area contributed by atoms with Crippen molar-refractivity contribution in [1.82, 2.24) is 20.1 Å². The van der Waals surface area contributed by atoms with Crippen LogP contribution in [0.4, 0.5) is 0 Å². The molecule has 0 radical (unpaired) electrons. The van der Waals surface area contributed by atoms with E-state index < -0.39 is 0 Å². The maximum Gasteiger partial charge on any atom is 0.257 e. The summed E-state index contributed by atoms with van der Waals surface area (Å²) >= 11 is 1.64. The molecule has 4 rings (SSSR count). The Bertz CT molecular complexity index is 902. The number of hydrogen-bond donors (Lipinski definition) is 1. The normalized spacial score (nSPS) is 20.3. The smallest absolute Gasteiger partial charge is 0.257 e. The Hall–Kier alpha value is -2.49. The summed E-state index contributed by atoms with van der Waals surface area (Å²) in [5, 5.41) is 11.2. The standard InChI is InChI=1S/C22H29N5O3S/c1-16(2)23-21(28)14-25-7-9-26(10-8-25)15-22(29)27-18(20-6-4-12-31-20)13-17(24-27)19-5-3-11-30-19/h3-6,11-12,16,18H,7-10,13-15H2,1-2H3,(H,23,28). The van der Waals surface area contributed by atoms with Gasteiger partial charge in [-0.25, -0.2) is 5.01 Å². The van der Waals surface area contributed by atoms with Gasteiger partial charge in [-0.05, 0) is 37.4 Å². The Balaban J connectivity index is 1.35. The van der Waals surface area contributed by atoms with E-state index in [1.807, 2.05) is 37.4 Å². The van der Waals surface area contributed by atoms with E-state index in [9.17, 15) is 9.59 Å². The SMILES string of the molecule is CC(C)NC(=O)CN1CCN(CC(=O)N2N=C(c3ccco3)CC2c2cccs2)CC1. The lowest BCUT2D eigenvalue weighted by Gasteiger charge is -2.34. The van der Waals surface area contributed by atoms with E-state index in [0.29, 0.717) is 25.3 Å². The molecule has 9 heteroatoms. The molecule has 1 atom stereocenters. The number of carbonyl (C=O) groups is 2. The molecular formula is C22H29N5O3S. The minimum absolute atomic E-state index is 0.00837. The van der Waals surface area contributed by atoms with Crippen molar-refractivity contribution in [2.75, 3.05) is 39.3 Å². The molecule has 1 N–H and O–H groups in total. The summed E-state index contributed by atoms with van der Waals surface area (Å²) in [6, 6.07) is 7.83. The lowest BCUT2D eigenvalue weighted by molar-refractivity contribution is -0.135. The summed E-state index contributed by atoms with van der Waals surface area (Å²) in [6.45, 7) is 7.71. The first-order valence-electron chi connectivity index (χ1n) is 10.7. The number of hydrogen-bond acceptors (Lipinski definition) is 7. The molecule has 0 spiro atoms. The van der Waals surface area contributed by atoms with Gasteiger partial charge in [0.2, 0.25) is 5.91 Å². The van der Waals surface area contributed by atoms with E-state index in [2.05, 4.69) is 26.3 Å². The number of thiophene rings is 1. The van der Waals surface area contributed by atoms with Gasteiger partial charge in [-0.1, -0.05) is 6.07 Å². The summed E-state index contributed by atoms with van der Waals surface area (Å²) in [5.74, 6) is 0.756. The van der Waals surface area contributed by atoms with E-state index in [4.69, 9.17) is 4.42 Å². The highest BCUT2D eigenvalue weighted by molar-refractivity contribution is 7.10. The monoisotopic (exact) mass is 443 g/mol. The molecule has 4 heterocycles. The summed E-state index contributed by atoms with van der Waals surface area (Å²) in [4.78, 5) is 30.6. The molecule has 31 heavy (non-hydrogen) atoms. The van der Waals surface area contributed by atoms with E-state index in [1.165, 1.54) is 0 Å². The van der Waals surface area contributed by atoms with Crippen LogP contribution in [-0.4, -0.2) is 77.6 Å². The zero-order valence-electron chi connectivity index (χ0n) is 18.0. The van der Waals surface area contributed by atoms with Crippen molar-refractivity contribution in [3.63, 3.8) is 0 Å². The van der Waals surface area contributed by atoms with Crippen molar-refractivity contribution in [2.45, 2.75) is 32.4 Å². The number of piperazine rings is 1. The van der Waals surface area contributed by atoms with Gasteiger partial charge in [0.25, 0.3) is 5.91 Å². The Morgan fingerprint density at radius 3 is 2.52 bits per heavy atom. The zero-order valence-corrected chi connectivity index (χ0v) is 18.8. The van der Waals surface area contributed by atoms with Gasteiger partial charge in [0.1, 0.15) is 11.5 Å². The molecule has 2 aliphatic rings. The Kier molecular flexibility index (Phi) is 6.84. The molecule has 0 aromatic carbocycles. The van der Waals surface area contributed by atoms with E-state index in [0.717, 1.165) is 36.8 Å². The number of rotatable bonds is 7. The van der Waals surface area contributed by atoms with Crippen LogP contribution in [0.25, 0.3) is 0 Å². The first-order valence-corrected chi connectivity index (χ1v) is 11.6. The predicted octanol–water partition coefficient (Wildman–Crippen LogP) is 2.16. The molecule has 2 aromatic heterocycles. The number of carbonyl (C=O) groups excluding carboxylic acids is 2. The zero-order chi connectivity index (χ0) is 21.8. The van der Waals surface area contributed by atoms with Crippen LogP contribution in [0, 0.1) is 0 Å². The predicted molar refractivity (Wildman–Crippen MR) is 120 cm³/mol. The Morgan fingerprint density at radius 2 is 1.90 bits per heavy atom. The number of amides is 2. The van der Waals surface area contributed by atoms with Gasteiger partial charge in [0.05, 0.1) is 25.4 Å². The fraction of sp³-hybridized carbons (Fsp3) is 0.500. The van der Waals surface area contributed by atoms with Crippen molar-refractivity contribution in [2.24, 2.45) is 5.10 Å². The first kappa shape index (κ1) is 21.7. The highest BCUT2D eigenvalue weighted by atomic mass is 32.1. The molecule has 166 valence electrons. The van der Waals surface area contributed by atoms with Crippen LogP contribution in [0.1, 0.15) is 36.9 Å². The van der Waals surface area contributed by atoms with E-state index in [1.54, 1.807) is 22.6 Å². The minimum Gasteiger partial charge on any atom is -0.463 e. The third-order valence-electron chi connectivity index (χ3n) is 5.48. The fourth-order valence-corrected chi connectivity index (χ4v) is 4.79. The van der Waals surface area contributed by atoms with Crippen LogP contribution >= 0.6 is 11.3 Å². The number of hydrazone groups is 1. The molecule has 1 unspecified atom stereocenters. The van der Waals surface area contributed by atoms with Crippen molar-refractivity contribution in [3.05, 3.63) is 46.5 Å². The lowest BCUT2D eigenvalue weighted by Crippen LogP contribution is -2.52. The molecular weight excluding hydrogens is 414 g/mol. The highest BCUT2D eigenvalue weighted by Crippen LogP contribution is 2.35. The van der Waals surface area contributed by atoms with Gasteiger partial charge >= 0.3 is 0 Å². The molecule has 0 aliphatic carbocycles. The van der Waals surface area contributed by atoms with Crippen LogP contribution < -0.4 is 5.32 Å². The second-order valence-electron chi connectivity index (χ2n) is 8.27. The van der Waals surface area contributed by atoms with Gasteiger partial charge in [-0.3, -0.25) is 19.4 Å². The molecule has 1 saturated heterocycles. The van der Waals surface area contributed by atoms with Crippen LogP contribution in [0.15, 0.2) is 45.4 Å². The van der Waals surface area contributed by atoms with Gasteiger partial charge < -0.3 is 9.73 Å². The molecule has 8 nitrogen and oxygen atoms in total. The lowest BCUT2D eigenvalue weighted by atomic mass is 10.1. The van der Waals surface area contributed by atoms with Crippen molar-refractivity contribution in [3.8, 4) is 0 Å². The van der Waals surface area contributed by atoms with Crippen LogP contribution in [-0.2, 0) is 9.59 Å². The third kappa shape index (κ3) is 5.41. The van der Waals surface area contributed by atoms with Gasteiger partial charge in [-0.2, -0.15) is 5.10 Å². The molecule has 2 aromatic rings. The average molecular weight is 444 g/mol. The average Bonchev–Trinajstić information content (AvgIpc) is 3.48. The number of nitrogens with zero attached hydrogens (tertiary/aromatic N) is 4. The quantitative estimate of drug-likeness (QED) is 0.709. The van der Waals surface area contributed by atoms with Crippen LogP contribution in [0.2, 0.25) is 0 Å². The summed E-state index contributed by atoms with van der Waals surface area (Å²) in [6.07, 6.45) is 2.28. The van der Waals surface area contributed by atoms with Crippen LogP contribution in [0.5, 0.6) is 0 Å². The largest absolute Gasteiger partial charge is 0.463 e. The Morgan fingerprint density at radius 1 is 1.16 bits per heavy atom. The molecule has 2 amide bonds. The fourth-order valence-electron chi connectivity index (χ4n) is 3.97. The summed E-state index contributed by atoms with van der Waals surface area (Å²) in [7, 11) is 0. The summed E-state index contributed by atoms with van der Waals surface area (Å²) < 4.78 is 5.51. The van der Waals surface area contributed by atoms with Gasteiger partial charge in [0.15, 0.2) is 0 Å². The second kappa shape index (κ2) is 9.76. The third-order valence-corrected chi connectivity index (χ3v) is 6.46. The van der Waals surface area contributed by atoms with Crippen molar-refractivity contribution >= 4 is 28.9 Å². The molecule has 0 saturated carbocycles. The van der Waals surface area contributed by atoms with E-state index >= 15 is 0 Å². The number of furan rings is 1. The topological polar surface area (TPSA) is 81.4 Å². The van der Waals surface area contributed by atoms with Gasteiger partial charge in [-0.15, -0.1) is 11.3 Å². The number of nitrogens with one attached hydrogen (secondary N) is 1. The van der Waals surface area contributed by atoms with E-state index in [-0.39, 0.29) is 23.9 Å².